The van der Waals surface area contributed by atoms with Crippen molar-refractivity contribution in [2.45, 2.75) is 25.8 Å². The van der Waals surface area contributed by atoms with E-state index in [0.29, 0.717) is 0 Å². The first-order chi connectivity index (χ1) is 6.58. The topological polar surface area (TPSA) is 50.9 Å². The van der Waals surface area contributed by atoms with Gasteiger partial charge in [0, 0.05) is 24.5 Å². The Balaban J connectivity index is 2.17. The molecule has 1 aromatic heterocycles. The van der Waals surface area contributed by atoms with Crippen molar-refractivity contribution < 1.29 is 0 Å². The quantitative estimate of drug-likeness (QED) is 0.685. The highest BCUT2D eigenvalue weighted by molar-refractivity contribution is 5.08. The molecule has 0 saturated carbocycles. The molecule has 0 aliphatic carbocycles. The molecule has 14 heavy (non-hydrogen) atoms. The smallest absolute Gasteiger partial charge is 0.0300 e. The highest BCUT2D eigenvalue weighted by atomic mass is 14.9. The van der Waals surface area contributed by atoms with Crippen molar-refractivity contribution in [3.05, 3.63) is 30.1 Å². The van der Waals surface area contributed by atoms with E-state index in [1.807, 2.05) is 26.1 Å². The van der Waals surface area contributed by atoms with Crippen molar-refractivity contribution >= 4 is 0 Å². The molecule has 0 atom stereocenters. The summed E-state index contributed by atoms with van der Waals surface area (Å²) < 4.78 is 0. The van der Waals surface area contributed by atoms with Gasteiger partial charge in [-0.1, -0.05) is 6.07 Å². The summed E-state index contributed by atoms with van der Waals surface area (Å²) in [5.41, 5.74) is 6.97. The van der Waals surface area contributed by atoms with E-state index >= 15 is 0 Å². The van der Waals surface area contributed by atoms with Crippen LogP contribution < -0.4 is 11.1 Å². The molecule has 0 aromatic carbocycles. The first-order valence-electron chi connectivity index (χ1n) is 4.96. The molecule has 1 aromatic rings. The molecule has 1 rings (SSSR count). The first kappa shape index (κ1) is 11.1. The molecule has 0 bridgehead atoms. The molecule has 3 nitrogen and oxygen atoms in total. The van der Waals surface area contributed by atoms with Crippen molar-refractivity contribution in [2.24, 2.45) is 5.73 Å². The maximum absolute atomic E-state index is 5.84. The van der Waals surface area contributed by atoms with Gasteiger partial charge in [0.25, 0.3) is 0 Å². The van der Waals surface area contributed by atoms with Gasteiger partial charge < -0.3 is 11.1 Å². The Morgan fingerprint density at radius 3 is 2.86 bits per heavy atom. The molecule has 1 heterocycles. The Kier molecular flexibility index (Phi) is 4.04. The van der Waals surface area contributed by atoms with E-state index < -0.39 is 0 Å². The van der Waals surface area contributed by atoms with Gasteiger partial charge in [0.05, 0.1) is 0 Å². The predicted molar refractivity (Wildman–Crippen MR) is 59.1 cm³/mol. The van der Waals surface area contributed by atoms with Crippen LogP contribution in [0.1, 0.15) is 19.4 Å². The maximum atomic E-state index is 5.84. The molecule has 0 amide bonds. The third kappa shape index (κ3) is 4.94. The molecule has 3 N–H and O–H groups in total. The largest absolute Gasteiger partial charge is 0.324 e. The van der Waals surface area contributed by atoms with E-state index in [1.54, 1.807) is 6.20 Å². The Labute approximate surface area is 85.7 Å². The molecule has 0 aliphatic heterocycles. The molecule has 0 spiro atoms. The molecule has 0 fully saturated rings. The predicted octanol–water partition coefficient (Wildman–Crippen LogP) is 0.951. The zero-order valence-electron chi connectivity index (χ0n) is 8.96. The van der Waals surface area contributed by atoms with Crippen LogP contribution in [0.25, 0.3) is 0 Å². The summed E-state index contributed by atoms with van der Waals surface area (Å²) >= 11 is 0. The summed E-state index contributed by atoms with van der Waals surface area (Å²) in [5.74, 6) is 0. The zero-order valence-corrected chi connectivity index (χ0v) is 8.96. The van der Waals surface area contributed by atoms with Crippen molar-refractivity contribution in [1.82, 2.24) is 10.3 Å². The molecule has 0 radical (unpaired) electrons. The summed E-state index contributed by atoms with van der Waals surface area (Å²) in [6.07, 6.45) is 4.69. The average Bonchev–Trinajstić information content (AvgIpc) is 2.13. The highest BCUT2D eigenvalue weighted by Gasteiger charge is 2.08. The number of pyridine rings is 1. The average molecular weight is 193 g/mol. The lowest BCUT2D eigenvalue weighted by molar-refractivity contribution is 0.469. The van der Waals surface area contributed by atoms with Crippen molar-refractivity contribution in [1.29, 1.82) is 0 Å². The minimum atomic E-state index is -0.130. The van der Waals surface area contributed by atoms with Gasteiger partial charge in [0.2, 0.25) is 0 Å². The SMILES string of the molecule is CC(C)(N)CNCCc1cccnc1. The van der Waals surface area contributed by atoms with Gasteiger partial charge in [-0.25, -0.2) is 0 Å². The minimum absolute atomic E-state index is 0.130. The standard InChI is InChI=1S/C11H19N3/c1-11(2,12)9-14-7-5-10-4-3-6-13-8-10/h3-4,6,8,14H,5,7,9,12H2,1-2H3. The number of rotatable bonds is 5. The van der Waals surface area contributed by atoms with Crippen LogP contribution in [-0.4, -0.2) is 23.6 Å². The zero-order chi connectivity index (χ0) is 10.4. The van der Waals surface area contributed by atoms with Crippen LogP contribution in [0.2, 0.25) is 0 Å². The Morgan fingerprint density at radius 1 is 1.50 bits per heavy atom. The first-order valence-corrected chi connectivity index (χ1v) is 4.96. The molecule has 0 unspecified atom stereocenters. The number of aromatic nitrogens is 1. The van der Waals surface area contributed by atoms with Gasteiger partial charge in [-0.2, -0.15) is 0 Å². The third-order valence-electron chi connectivity index (χ3n) is 1.89. The monoisotopic (exact) mass is 193 g/mol. The van der Waals surface area contributed by atoms with Crippen LogP contribution >= 0.6 is 0 Å². The van der Waals surface area contributed by atoms with Gasteiger partial charge >= 0.3 is 0 Å². The fourth-order valence-corrected chi connectivity index (χ4v) is 1.19. The molecule has 0 aliphatic rings. The van der Waals surface area contributed by atoms with E-state index in [9.17, 15) is 0 Å². The van der Waals surface area contributed by atoms with Crippen LogP contribution in [0.4, 0.5) is 0 Å². The number of nitrogens with one attached hydrogen (secondary N) is 1. The number of hydrogen-bond donors (Lipinski definition) is 2. The van der Waals surface area contributed by atoms with Gasteiger partial charge in [-0.05, 0) is 38.4 Å². The molecule has 3 heteroatoms. The summed E-state index contributed by atoms with van der Waals surface area (Å²) in [6, 6.07) is 4.05. The lowest BCUT2D eigenvalue weighted by Crippen LogP contribution is -2.43. The normalized spacial score (nSPS) is 11.6. The van der Waals surface area contributed by atoms with Crippen LogP contribution in [0, 0.1) is 0 Å². The lowest BCUT2D eigenvalue weighted by atomic mass is 10.1. The highest BCUT2D eigenvalue weighted by Crippen LogP contribution is 1.96. The number of hydrogen-bond acceptors (Lipinski definition) is 3. The minimum Gasteiger partial charge on any atom is -0.324 e. The van der Waals surface area contributed by atoms with E-state index in [0.717, 1.165) is 19.5 Å². The van der Waals surface area contributed by atoms with Crippen molar-refractivity contribution in [3.8, 4) is 0 Å². The fraction of sp³-hybridized carbons (Fsp3) is 0.545. The summed E-state index contributed by atoms with van der Waals surface area (Å²) in [5, 5.41) is 3.32. The van der Waals surface area contributed by atoms with Crippen molar-refractivity contribution in [2.75, 3.05) is 13.1 Å². The van der Waals surface area contributed by atoms with E-state index in [2.05, 4.69) is 16.4 Å². The summed E-state index contributed by atoms with van der Waals surface area (Å²) in [7, 11) is 0. The van der Waals surface area contributed by atoms with Gasteiger partial charge in [0.1, 0.15) is 0 Å². The lowest BCUT2D eigenvalue weighted by Gasteiger charge is -2.18. The Hall–Kier alpha value is -0.930. The Bertz CT molecular complexity index is 251. The number of nitrogens with two attached hydrogens (primary N) is 1. The maximum Gasteiger partial charge on any atom is 0.0300 e. The molecule has 0 saturated heterocycles. The van der Waals surface area contributed by atoms with Gasteiger partial charge in [-0.3, -0.25) is 4.98 Å². The Morgan fingerprint density at radius 2 is 2.29 bits per heavy atom. The van der Waals surface area contributed by atoms with Gasteiger partial charge in [0.15, 0.2) is 0 Å². The summed E-state index contributed by atoms with van der Waals surface area (Å²) in [4.78, 5) is 4.06. The van der Waals surface area contributed by atoms with E-state index in [4.69, 9.17) is 5.73 Å². The third-order valence-corrected chi connectivity index (χ3v) is 1.89. The van der Waals surface area contributed by atoms with Crippen LogP contribution in [-0.2, 0) is 6.42 Å². The number of nitrogens with zero attached hydrogens (tertiary/aromatic N) is 1. The second kappa shape index (κ2) is 5.08. The molecular weight excluding hydrogens is 174 g/mol. The summed E-state index contributed by atoms with van der Waals surface area (Å²) in [6.45, 7) is 5.83. The van der Waals surface area contributed by atoms with Crippen LogP contribution in [0.3, 0.4) is 0 Å². The van der Waals surface area contributed by atoms with Crippen molar-refractivity contribution in [3.63, 3.8) is 0 Å². The van der Waals surface area contributed by atoms with Crippen LogP contribution in [0.5, 0.6) is 0 Å². The molecule has 78 valence electrons. The fourth-order valence-electron chi connectivity index (χ4n) is 1.19. The van der Waals surface area contributed by atoms with Gasteiger partial charge in [-0.15, -0.1) is 0 Å². The van der Waals surface area contributed by atoms with Crippen LogP contribution in [0.15, 0.2) is 24.5 Å². The van der Waals surface area contributed by atoms with E-state index in [1.165, 1.54) is 5.56 Å². The molecular formula is C11H19N3. The van der Waals surface area contributed by atoms with E-state index in [-0.39, 0.29) is 5.54 Å². The second-order valence-electron chi connectivity index (χ2n) is 4.28. The second-order valence-corrected chi connectivity index (χ2v) is 4.28.